The van der Waals surface area contributed by atoms with E-state index >= 15 is 0 Å². The molecule has 1 fully saturated rings. The van der Waals surface area contributed by atoms with E-state index in [1.54, 1.807) is 0 Å². The van der Waals surface area contributed by atoms with Crippen molar-refractivity contribution >= 4 is 21.8 Å². The smallest absolute Gasteiger partial charge is 0.230 e. The highest BCUT2D eigenvalue weighted by Gasteiger charge is 2.31. The summed E-state index contributed by atoms with van der Waals surface area (Å²) >= 11 is 3.39. The third-order valence-corrected chi connectivity index (χ3v) is 4.14. The van der Waals surface area contributed by atoms with Crippen LogP contribution in [0.25, 0.3) is 0 Å². The van der Waals surface area contributed by atoms with Crippen LogP contribution in [-0.2, 0) is 4.79 Å². The van der Waals surface area contributed by atoms with Crippen molar-refractivity contribution in [3.8, 4) is 0 Å². The van der Waals surface area contributed by atoms with Crippen LogP contribution in [0.15, 0.2) is 28.7 Å². The fraction of sp³-hybridized carbons (Fsp3) is 0.500. The van der Waals surface area contributed by atoms with Crippen molar-refractivity contribution in [2.75, 3.05) is 13.2 Å². The van der Waals surface area contributed by atoms with Gasteiger partial charge in [-0.3, -0.25) is 4.79 Å². The Balaban J connectivity index is 2.11. The van der Waals surface area contributed by atoms with E-state index in [9.17, 15) is 9.90 Å². The second-order valence-electron chi connectivity index (χ2n) is 4.78. The first kappa shape index (κ1) is 13.6. The number of hydrogen-bond acceptors (Lipinski definition) is 2. The van der Waals surface area contributed by atoms with Gasteiger partial charge in [0.15, 0.2) is 0 Å². The third kappa shape index (κ3) is 2.75. The Bertz CT molecular complexity index is 418. The number of aliphatic hydroxyl groups excluding tert-OH is 1. The van der Waals surface area contributed by atoms with E-state index in [0.29, 0.717) is 0 Å². The maximum atomic E-state index is 12.4. The van der Waals surface area contributed by atoms with Gasteiger partial charge in [-0.05, 0) is 37.5 Å². The van der Waals surface area contributed by atoms with Crippen LogP contribution in [-0.4, -0.2) is 35.1 Å². The highest BCUT2D eigenvalue weighted by atomic mass is 79.9. The van der Waals surface area contributed by atoms with Crippen molar-refractivity contribution in [2.24, 2.45) is 0 Å². The normalized spacial score (nSPS) is 21.1. The van der Waals surface area contributed by atoms with Gasteiger partial charge in [-0.25, -0.2) is 0 Å². The first-order valence-corrected chi connectivity index (χ1v) is 7.09. The Labute approximate surface area is 116 Å². The number of aliphatic hydroxyl groups is 1. The molecule has 4 heteroatoms. The summed E-state index contributed by atoms with van der Waals surface area (Å²) in [6.45, 7) is 2.77. The van der Waals surface area contributed by atoms with Crippen LogP contribution < -0.4 is 0 Å². The Kier molecular flexibility index (Phi) is 4.40. The number of amides is 1. The molecule has 98 valence electrons. The number of carbonyl (C=O) groups is 1. The fourth-order valence-electron chi connectivity index (χ4n) is 2.46. The average Bonchev–Trinajstić information content (AvgIpc) is 2.86. The highest BCUT2D eigenvalue weighted by Crippen LogP contribution is 2.25. The predicted molar refractivity (Wildman–Crippen MR) is 74.4 cm³/mol. The summed E-state index contributed by atoms with van der Waals surface area (Å²) < 4.78 is 1.01. The summed E-state index contributed by atoms with van der Waals surface area (Å²) in [6.07, 6.45) is 1.90. The first-order valence-electron chi connectivity index (χ1n) is 6.30. The summed E-state index contributed by atoms with van der Waals surface area (Å²) in [5, 5.41) is 9.27. The molecule has 1 aromatic rings. The van der Waals surface area contributed by atoms with E-state index in [2.05, 4.69) is 15.9 Å². The predicted octanol–water partition coefficient (Wildman–Crippen LogP) is 2.54. The number of carbonyl (C=O) groups excluding carboxylic acids is 1. The largest absolute Gasteiger partial charge is 0.394 e. The topological polar surface area (TPSA) is 40.5 Å². The van der Waals surface area contributed by atoms with Crippen molar-refractivity contribution in [1.82, 2.24) is 4.90 Å². The molecule has 0 radical (unpaired) electrons. The minimum absolute atomic E-state index is 0.00963. The van der Waals surface area contributed by atoms with Gasteiger partial charge in [0.1, 0.15) is 0 Å². The van der Waals surface area contributed by atoms with Crippen LogP contribution in [0, 0.1) is 0 Å². The standard InChI is InChI=1S/C14H18BrNO2/c1-10(11-4-6-12(15)7-5-11)14(18)16-8-2-3-13(16)9-17/h4-7,10,13,17H,2-3,8-9H2,1H3. The molecular weight excluding hydrogens is 294 g/mol. The van der Waals surface area contributed by atoms with Crippen molar-refractivity contribution < 1.29 is 9.90 Å². The van der Waals surface area contributed by atoms with Gasteiger partial charge in [-0.15, -0.1) is 0 Å². The zero-order valence-electron chi connectivity index (χ0n) is 10.5. The Morgan fingerprint density at radius 1 is 1.50 bits per heavy atom. The lowest BCUT2D eigenvalue weighted by Gasteiger charge is -2.26. The molecule has 1 N–H and O–H groups in total. The van der Waals surface area contributed by atoms with Crippen LogP contribution in [0.3, 0.4) is 0 Å². The maximum absolute atomic E-state index is 12.4. The van der Waals surface area contributed by atoms with E-state index in [1.807, 2.05) is 36.1 Å². The monoisotopic (exact) mass is 311 g/mol. The highest BCUT2D eigenvalue weighted by molar-refractivity contribution is 9.10. The molecule has 0 bridgehead atoms. The Morgan fingerprint density at radius 2 is 2.17 bits per heavy atom. The second kappa shape index (κ2) is 5.85. The Hall–Kier alpha value is -0.870. The van der Waals surface area contributed by atoms with Crippen LogP contribution in [0.4, 0.5) is 0 Å². The number of likely N-dealkylation sites (tertiary alicyclic amines) is 1. The lowest BCUT2D eigenvalue weighted by molar-refractivity contribution is -0.133. The third-order valence-electron chi connectivity index (χ3n) is 3.61. The molecule has 0 aliphatic carbocycles. The minimum Gasteiger partial charge on any atom is -0.394 e. The number of rotatable bonds is 3. The van der Waals surface area contributed by atoms with Gasteiger partial charge in [0, 0.05) is 11.0 Å². The molecular formula is C14H18BrNO2. The van der Waals surface area contributed by atoms with E-state index in [0.717, 1.165) is 29.4 Å². The molecule has 1 saturated heterocycles. The summed E-state index contributed by atoms with van der Waals surface area (Å²) in [6, 6.07) is 7.85. The second-order valence-corrected chi connectivity index (χ2v) is 5.70. The number of halogens is 1. The van der Waals surface area contributed by atoms with Crippen LogP contribution in [0.1, 0.15) is 31.2 Å². The van der Waals surface area contributed by atoms with Gasteiger partial charge in [0.25, 0.3) is 0 Å². The van der Waals surface area contributed by atoms with E-state index in [4.69, 9.17) is 0 Å². The minimum atomic E-state index is -0.148. The van der Waals surface area contributed by atoms with E-state index in [-0.39, 0.29) is 24.5 Å². The lowest BCUT2D eigenvalue weighted by atomic mass is 9.99. The molecule has 3 nitrogen and oxygen atoms in total. The first-order chi connectivity index (χ1) is 8.63. The molecule has 0 aromatic heterocycles. The average molecular weight is 312 g/mol. The van der Waals surface area contributed by atoms with Crippen molar-refractivity contribution in [2.45, 2.75) is 31.7 Å². The van der Waals surface area contributed by atoms with Crippen LogP contribution in [0.5, 0.6) is 0 Å². The van der Waals surface area contributed by atoms with Gasteiger partial charge < -0.3 is 10.0 Å². The molecule has 1 aromatic carbocycles. The maximum Gasteiger partial charge on any atom is 0.230 e. The zero-order valence-corrected chi connectivity index (χ0v) is 12.1. The number of hydrogen-bond donors (Lipinski definition) is 1. The van der Waals surface area contributed by atoms with Gasteiger partial charge in [-0.2, -0.15) is 0 Å². The zero-order chi connectivity index (χ0) is 13.1. The fourth-order valence-corrected chi connectivity index (χ4v) is 2.72. The Morgan fingerprint density at radius 3 is 2.78 bits per heavy atom. The van der Waals surface area contributed by atoms with E-state index in [1.165, 1.54) is 0 Å². The summed E-state index contributed by atoms with van der Waals surface area (Å²) in [5.74, 6) is -0.0286. The van der Waals surface area contributed by atoms with Gasteiger partial charge >= 0.3 is 0 Å². The quantitative estimate of drug-likeness (QED) is 0.932. The van der Waals surface area contributed by atoms with E-state index < -0.39 is 0 Å². The number of nitrogens with zero attached hydrogens (tertiary/aromatic N) is 1. The van der Waals surface area contributed by atoms with Gasteiger partial charge in [-0.1, -0.05) is 28.1 Å². The molecule has 1 aliphatic heterocycles. The van der Waals surface area contributed by atoms with Gasteiger partial charge in [0.2, 0.25) is 5.91 Å². The molecule has 0 spiro atoms. The lowest BCUT2D eigenvalue weighted by Crippen LogP contribution is -2.39. The van der Waals surface area contributed by atoms with Crippen LogP contribution >= 0.6 is 15.9 Å². The molecule has 1 aliphatic rings. The molecule has 2 unspecified atom stereocenters. The van der Waals surface area contributed by atoms with Crippen molar-refractivity contribution in [1.29, 1.82) is 0 Å². The van der Waals surface area contributed by atoms with Crippen LogP contribution in [0.2, 0.25) is 0 Å². The molecule has 0 saturated carbocycles. The summed E-state index contributed by atoms with van der Waals surface area (Å²) in [5.41, 5.74) is 1.02. The van der Waals surface area contributed by atoms with Crippen molar-refractivity contribution in [3.63, 3.8) is 0 Å². The summed E-state index contributed by atoms with van der Waals surface area (Å²) in [7, 11) is 0. The molecule has 18 heavy (non-hydrogen) atoms. The van der Waals surface area contributed by atoms with Crippen molar-refractivity contribution in [3.05, 3.63) is 34.3 Å². The van der Waals surface area contributed by atoms with Gasteiger partial charge in [0.05, 0.1) is 18.6 Å². The SMILES string of the molecule is CC(C(=O)N1CCCC1CO)c1ccc(Br)cc1. The molecule has 2 rings (SSSR count). The summed E-state index contributed by atoms with van der Waals surface area (Å²) in [4.78, 5) is 14.2. The molecule has 1 amide bonds. The number of benzene rings is 1. The molecule has 2 atom stereocenters. The molecule has 1 heterocycles.